The van der Waals surface area contributed by atoms with Crippen LogP contribution in [-0.4, -0.2) is 57.8 Å². The molecule has 0 saturated carbocycles. The second kappa shape index (κ2) is 11.0. The van der Waals surface area contributed by atoms with Gasteiger partial charge in [-0.3, -0.25) is 9.69 Å². The number of fused-ring (bicyclic) bond motifs is 1. The number of rotatable bonds is 8. The van der Waals surface area contributed by atoms with Crippen LogP contribution in [0.3, 0.4) is 0 Å². The molecule has 2 unspecified atom stereocenters. The van der Waals surface area contributed by atoms with E-state index in [2.05, 4.69) is 75.8 Å². The molecular weight excluding hydrogens is 450 g/mol. The van der Waals surface area contributed by atoms with Crippen LogP contribution in [-0.2, 0) is 11.2 Å². The Morgan fingerprint density at radius 3 is 2.36 bits per heavy atom. The molecule has 0 bridgehead atoms. The molecule has 1 saturated heterocycles. The molecule has 1 N–H and O–H groups in total. The Labute approximate surface area is 213 Å². The number of para-hydroxylation sites is 1. The van der Waals surface area contributed by atoms with Gasteiger partial charge in [0.2, 0.25) is 5.91 Å². The molecule has 2 atom stereocenters. The van der Waals surface area contributed by atoms with E-state index >= 15 is 0 Å². The van der Waals surface area contributed by atoms with Crippen molar-refractivity contribution in [2.45, 2.75) is 18.9 Å². The molecule has 6 nitrogen and oxygen atoms in total. The highest BCUT2D eigenvalue weighted by molar-refractivity contribution is 5.78. The highest BCUT2D eigenvalue weighted by Crippen LogP contribution is 2.40. The number of carbonyl (C=O) groups is 1. The summed E-state index contributed by atoms with van der Waals surface area (Å²) in [5.41, 5.74) is 4.85. The highest BCUT2D eigenvalue weighted by atomic mass is 16.5. The maximum absolute atomic E-state index is 13.1. The molecular formula is C30H35N3O3. The smallest absolute Gasteiger partial charge is 0.234 e. The first-order valence-electron chi connectivity index (χ1n) is 12.8. The summed E-state index contributed by atoms with van der Waals surface area (Å²) in [6.07, 6.45) is 1.96. The predicted molar refractivity (Wildman–Crippen MR) is 143 cm³/mol. The Bertz CT molecular complexity index is 1170. The lowest BCUT2D eigenvalue weighted by atomic mass is 9.87. The number of amides is 1. The average Bonchev–Trinajstić information content (AvgIpc) is 3.41. The van der Waals surface area contributed by atoms with Crippen LogP contribution in [0.1, 0.15) is 29.2 Å². The monoisotopic (exact) mass is 485 g/mol. The molecule has 2 heterocycles. The Kier molecular flexibility index (Phi) is 7.42. The third kappa shape index (κ3) is 5.19. The summed E-state index contributed by atoms with van der Waals surface area (Å²) >= 11 is 0. The van der Waals surface area contributed by atoms with Gasteiger partial charge in [-0.1, -0.05) is 48.5 Å². The molecule has 1 amide bonds. The van der Waals surface area contributed by atoms with Crippen molar-refractivity contribution in [2.75, 3.05) is 51.8 Å². The molecule has 1 fully saturated rings. The topological polar surface area (TPSA) is 54.0 Å². The van der Waals surface area contributed by atoms with Crippen molar-refractivity contribution >= 4 is 11.6 Å². The first-order valence-corrected chi connectivity index (χ1v) is 12.8. The van der Waals surface area contributed by atoms with Crippen molar-refractivity contribution in [3.63, 3.8) is 0 Å². The molecule has 0 spiro atoms. The van der Waals surface area contributed by atoms with Crippen LogP contribution in [0.25, 0.3) is 0 Å². The van der Waals surface area contributed by atoms with Crippen molar-refractivity contribution in [1.29, 1.82) is 0 Å². The van der Waals surface area contributed by atoms with E-state index in [1.165, 1.54) is 22.4 Å². The molecule has 36 heavy (non-hydrogen) atoms. The maximum atomic E-state index is 13.1. The normalized spacial score (nSPS) is 19.6. The largest absolute Gasteiger partial charge is 0.493 e. The van der Waals surface area contributed by atoms with Crippen LogP contribution in [0.4, 0.5) is 5.69 Å². The van der Waals surface area contributed by atoms with E-state index in [4.69, 9.17) is 9.47 Å². The lowest BCUT2D eigenvalue weighted by Crippen LogP contribution is -2.44. The number of methoxy groups -OCH3 is 2. The zero-order chi connectivity index (χ0) is 24.9. The summed E-state index contributed by atoms with van der Waals surface area (Å²) in [6.45, 7) is 3.90. The number of benzene rings is 3. The summed E-state index contributed by atoms with van der Waals surface area (Å²) in [6, 6.07) is 25.1. The van der Waals surface area contributed by atoms with Gasteiger partial charge >= 0.3 is 0 Å². The summed E-state index contributed by atoms with van der Waals surface area (Å²) in [7, 11) is 3.33. The standard InChI is InChI=1S/C30H35N3O3/c1-35-27-17-24-14-16-33(30(23-9-5-3-6-10-23)26(24)18-28(27)36-2)21-29(34)31-19-22-13-15-32(20-22)25-11-7-4-8-12-25/h3-12,17-18,22,30H,13-16,19-21H2,1-2H3,(H,31,34). The molecule has 2 aliphatic rings. The van der Waals surface area contributed by atoms with Crippen molar-refractivity contribution in [1.82, 2.24) is 10.2 Å². The number of carbonyl (C=O) groups excluding carboxylic acids is 1. The number of hydrogen-bond acceptors (Lipinski definition) is 5. The number of nitrogens with one attached hydrogen (secondary N) is 1. The fourth-order valence-electron chi connectivity index (χ4n) is 5.56. The van der Waals surface area contributed by atoms with Gasteiger partial charge in [-0.15, -0.1) is 0 Å². The minimum Gasteiger partial charge on any atom is -0.493 e. The second-order valence-corrected chi connectivity index (χ2v) is 9.68. The summed E-state index contributed by atoms with van der Waals surface area (Å²) in [5.74, 6) is 2.01. The van der Waals surface area contributed by atoms with Crippen molar-refractivity contribution in [3.8, 4) is 11.5 Å². The van der Waals surface area contributed by atoms with E-state index in [1.54, 1.807) is 14.2 Å². The number of hydrogen-bond donors (Lipinski definition) is 1. The van der Waals surface area contributed by atoms with Crippen LogP contribution in [0.5, 0.6) is 11.5 Å². The van der Waals surface area contributed by atoms with E-state index in [-0.39, 0.29) is 11.9 Å². The summed E-state index contributed by atoms with van der Waals surface area (Å²) in [4.78, 5) is 17.8. The minimum absolute atomic E-state index is 0.0134. The highest BCUT2D eigenvalue weighted by Gasteiger charge is 2.32. The summed E-state index contributed by atoms with van der Waals surface area (Å²) < 4.78 is 11.2. The molecule has 3 aromatic rings. The van der Waals surface area contributed by atoms with Crippen LogP contribution >= 0.6 is 0 Å². The molecule has 0 aliphatic carbocycles. The Morgan fingerprint density at radius 1 is 0.944 bits per heavy atom. The molecule has 0 aromatic heterocycles. The number of nitrogens with zero attached hydrogens (tertiary/aromatic N) is 2. The van der Waals surface area contributed by atoms with E-state index in [0.717, 1.165) is 38.2 Å². The molecule has 3 aromatic carbocycles. The molecule has 0 radical (unpaired) electrons. The molecule has 2 aliphatic heterocycles. The third-order valence-electron chi connectivity index (χ3n) is 7.43. The van der Waals surface area contributed by atoms with Crippen LogP contribution in [0.15, 0.2) is 72.8 Å². The zero-order valence-electron chi connectivity index (χ0n) is 21.2. The summed E-state index contributed by atoms with van der Waals surface area (Å²) in [5, 5.41) is 3.23. The number of anilines is 1. The SMILES string of the molecule is COc1cc2c(cc1OC)C(c1ccccc1)N(CC(=O)NCC1CCN(c3ccccc3)C1)CC2. The van der Waals surface area contributed by atoms with E-state index in [9.17, 15) is 4.79 Å². The van der Waals surface area contributed by atoms with Crippen molar-refractivity contribution in [2.24, 2.45) is 5.92 Å². The van der Waals surface area contributed by atoms with Gasteiger partial charge in [-0.25, -0.2) is 0 Å². The Morgan fingerprint density at radius 2 is 1.64 bits per heavy atom. The van der Waals surface area contributed by atoms with Gasteiger partial charge < -0.3 is 19.7 Å². The van der Waals surface area contributed by atoms with Gasteiger partial charge in [0.25, 0.3) is 0 Å². The van der Waals surface area contributed by atoms with E-state index < -0.39 is 0 Å². The average molecular weight is 486 g/mol. The van der Waals surface area contributed by atoms with Gasteiger partial charge in [0.15, 0.2) is 11.5 Å². The zero-order valence-corrected chi connectivity index (χ0v) is 21.2. The Balaban J connectivity index is 1.27. The fourth-order valence-corrected chi connectivity index (χ4v) is 5.56. The van der Waals surface area contributed by atoms with Gasteiger partial charge in [0.05, 0.1) is 26.8 Å². The maximum Gasteiger partial charge on any atom is 0.234 e. The third-order valence-corrected chi connectivity index (χ3v) is 7.43. The van der Waals surface area contributed by atoms with E-state index in [1.807, 2.05) is 12.1 Å². The van der Waals surface area contributed by atoms with Gasteiger partial charge in [0.1, 0.15) is 0 Å². The lowest BCUT2D eigenvalue weighted by Gasteiger charge is -2.37. The molecule has 188 valence electrons. The number of ether oxygens (including phenoxy) is 2. The quantitative estimate of drug-likeness (QED) is 0.516. The minimum atomic E-state index is -0.0134. The van der Waals surface area contributed by atoms with Crippen LogP contribution in [0.2, 0.25) is 0 Å². The second-order valence-electron chi connectivity index (χ2n) is 9.68. The molecule has 6 heteroatoms. The van der Waals surface area contributed by atoms with E-state index in [0.29, 0.717) is 24.8 Å². The molecule has 5 rings (SSSR count). The van der Waals surface area contributed by atoms with Gasteiger partial charge in [-0.05, 0) is 59.7 Å². The van der Waals surface area contributed by atoms with Gasteiger partial charge in [-0.2, -0.15) is 0 Å². The van der Waals surface area contributed by atoms with Crippen LogP contribution < -0.4 is 19.7 Å². The first-order chi connectivity index (χ1) is 17.7. The first kappa shape index (κ1) is 24.2. The predicted octanol–water partition coefficient (Wildman–Crippen LogP) is 4.29. The van der Waals surface area contributed by atoms with Crippen LogP contribution in [0, 0.1) is 5.92 Å². The Hall–Kier alpha value is -3.51. The van der Waals surface area contributed by atoms with Crippen molar-refractivity contribution in [3.05, 3.63) is 89.5 Å². The lowest BCUT2D eigenvalue weighted by molar-refractivity contribution is -0.122. The fraction of sp³-hybridized carbons (Fsp3) is 0.367. The van der Waals surface area contributed by atoms with Gasteiger partial charge in [0, 0.05) is 31.9 Å². The van der Waals surface area contributed by atoms with Crippen molar-refractivity contribution < 1.29 is 14.3 Å².